The van der Waals surface area contributed by atoms with Gasteiger partial charge in [-0.05, 0) is 36.6 Å². The molecule has 1 N–H and O–H groups in total. The summed E-state index contributed by atoms with van der Waals surface area (Å²) in [5.74, 6) is -0.942. The number of aromatic carboxylic acids is 1. The van der Waals surface area contributed by atoms with E-state index in [9.17, 15) is 4.79 Å². The van der Waals surface area contributed by atoms with Crippen LogP contribution in [0.3, 0.4) is 0 Å². The van der Waals surface area contributed by atoms with E-state index in [-0.39, 0.29) is 5.56 Å². The second-order valence-corrected chi connectivity index (χ2v) is 3.82. The fourth-order valence-corrected chi connectivity index (χ4v) is 1.51. The van der Waals surface area contributed by atoms with Gasteiger partial charge in [0.05, 0.1) is 5.56 Å². The van der Waals surface area contributed by atoms with Gasteiger partial charge in [-0.25, -0.2) is 4.79 Å². The van der Waals surface area contributed by atoms with Crippen LogP contribution in [-0.4, -0.2) is 11.1 Å². The standard InChI is InChI=1S/C11H9ClO2/c12-10-5-8(3-7-1-2-7)4-9(6-10)11(13)14/h3-6H,1-2H2,(H,13,14). The predicted molar refractivity (Wildman–Crippen MR) is 55.6 cm³/mol. The Morgan fingerprint density at radius 3 is 2.64 bits per heavy atom. The molecule has 1 fully saturated rings. The molecule has 0 atom stereocenters. The van der Waals surface area contributed by atoms with E-state index in [1.165, 1.54) is 11.6 Å². The third kappa shape index (κ3) is 2.15. The van der Waals surface area contributed by atoms with E-state index in [4.69, 9.17) is 16.7 Å². The summed E-state index contributed by atoms with van der Waals surface area (Å²) in [4.78, 5) is 10.7. The van der Waals surface area contributed by atoms with E-state index in [1.54, 1.807) is 12.1 Å². The number of carboxylic acid groups (broad SMARTS) is 1. The summed E-state index contributed by atoms with van der Waals surface area (Å²) in [5, 5.41) is 9.27. The van der Waals surface area contributed by atoms with Gasteiger partial charge in [-0.2, -0.15) is 0 Å². The summed E-state index contributed by atoms with van der Waals surface area (Å²) in [6.07, 6.45) is 4.24. The molecule has 2 nitrogen and oxygen atoms in total. The highest BCUT2D eigenvalue weighted by Crippen LogP contribution is 2.30. The molecule has 0 radical (unpaired) electrons. The summed E-state index contributed by atoms with van der Waals surface area (Å²) in [6, 6.07) is 4.87. The molecule has 1 aromatic rings. The first-order valence-corrected chi connectivity index (χ1v) is 4.76. The number of carboxylic acids is 1. The lowest BCUT2D eigenvalue weighted by Gasteiger charge is -1.98. The SMILES string of the molecule is O=C(O)c1cc(Cl)cc(C=C2CC2)c1. The van der Waals surface area contributed by atoms with Crippen molar-refractivity contribution in [3.05, 3.63) is 39.9 Å². The van der Waals surface area contributed by atoms with Crippen LogP contribution in [0, 0.1) is 0 Å². The highest BCUT2D eigenvalue weighted by atomic mass is 35.5. The van der Waals surface area contributed by atoms with Crippen LogP contribution in [0.5, 0.6) is 0 Å². The summed E-state index contributed by atoms with van der Waals surface area (Å²) in [5.41, 5.74) is 2.47. The molecule has 0 amide bonds. The van der Waals surface area contributed by atoms with Crippen molar-refractivity contribution in [2.24, 2.45) is 0 Å². The molecule has 2 rings (SSSR count). The van der Waals surface area contributed by atoms with Crippen molar-refractivity contribution in [1.82, 2.24) is 0 Å². The van der Waals surface area contributed by atoms with Crippen molar-refractivity contribution in [3.8, 4) is 0 Å². The summed E-state index contributed by atoms with van der Waals surface area (Å²) in [7, 11) is 0. The van der Waals surface area contributed by atoms with Gasteiger partial charge in [-0.15, -0.1) is 0 Å². The van der Waals surface area contributed by atoms with E-state index >= 15 is 0 Å². The normalized spacial score (nSPS) is 13.9. The van der Waals surface area contributed by atoms with Crippen molar-refractivity contribution in [3.63, 3.8) is 0 Å². The van der Waals surface area contributed by atoms with Crippen LogP contribution in [0.4, 0.5) is 0 Å². The van der Waals surface area contributed by atoms with Crippen LogP contribution in [0.2, 0.25) is 5.02 Å². The minimum absolute atomic E-state index is 0.241. The summed E-state index contributed by atoms with van der Waals surface area (Å²) in [6.45, 7) is 0. The van der Waals surface area contributed by atoms with Gasteiger partial charge in [0.25, 0.3) is 0 Å². The average molecular weight is 209 g/mol. The first kappa shape index (κ1) is 9.28. The second kappa shape index (κ2) is 3.46. The molecule has 0 unspecified atom stereocenters. The third-order valence-electron chi connectivity index (χ3n) is 2.08. The number of benzene rings is 1. The maximum absolute atomic E-state index is 10.7. The van der Waals surface area contributed by atoms with Crippen LogP contribution in [-0.2, 0) is 0 Å². The Hall–Kier alpha value is -1.28. The fraction of sp³-hybridized carbons (Fsp3) is 0.182. The van der Waals surface area contributed by atoms with Gasteiger partial charge >= 0.3 is 5.97 Å². The zero-order chi connectivity index (χ0) is 10.1. The number of carbonyl (C=O) groups is 1. The molecule has 0 saturated heterocycles. The van der Waals surface area contributed by atoms with Gasteiger partial charge in [0, 0.05) is 5.02 Å². The number of halogens is 1. The van der Waals surface area contributed by atoms with E-state index < -0.39 is 5.97 Å². The van der Waals surface area contributed by atoms with Crippen LogP contribution in [0.15, 0.2) is 23.8 Å². The zero-order valence-corrected chi connectivity index (χ0v) is 8.21. The first-order valence-electron chi connectivity index (χ1n) is 4.38. The molecule has 1 aliphatic rings. The molecule has 1 aliphatic carbocycles. The minimum Gasteiger partial charge on any atom is -0.478 e. The van der Waals surface area contributed by atoms with E-state index in [2.05, 4.69) is 0 Å². The third-order valence-corrected chi connectivity index (χ3v) is 2.29. The topological polar surface area (TPSA) is 37.3 Å². The average Bonchev–Trinajstić information content (AvgIpc) is 2.87. The van der Waals surface area contributed by atoms with E-state index in [0.29, 0.717) is 5.02 Å². The van der Waals surface area contributed by atoms with Crippen LogP contribution >= 0.6 is 11.6 Å². The van der Waals surface area contributed by atoms with E-state index in [1.807, 2.05) is 6.08 Å². The minimum atomic E-state index is -0.942. The lowest BCUT2D eigenvalue weighted by atomic mass is 10.1. The molecule has 3 heteroatoms. The van der Waals surface area contributed by atoms with Gasteiger partial charge in [-0.3, -0.25) is 0 Å². The second-order valence-electron chi connectivity index (χ2n) is 3.38. The molecule has 1 saturated carbocycles. The van der Waals surface area contributed by atoms with Crippen molar-refractivity contribution >= 4 is 23.6 Å². The summed E-state index contributed by atoms with van der Waals surface area (Å²) >= 11 is 5.81. The quantitative estimate of drug-likeness (QED) is 0.810. The van der Waals surface area contributed by atoms with Crippen molar-refractivity contribution in [2.75, 3.05) is 0 Å². The smallest absolute Gasteiger partial charge is 0.335 e. The highest BCUT2D eigenvalue weighted by molar-refractivity contribution is 6.31. The molecule has 72 valence electrons. The Morgan fingerprint density at radius 1 is 1.36 bits per heavy atom. The lowest BCUT2D eigenvalue weighted by molar-refractivity contribution is 0.0697. The molecule has 0 aliphatic heterocycles. The Morgan fingerprint density at radius 2 is 2.07 bits per heavy atom. The summed E-state index contributed by atoms with van der Waals surface area (Å²) < 4.78 is 0. The van der Waals surface area contributed by atoms with Crippen LogP contribution in [0.1, 0.15) is 28.8 Å². The molecule has 0 aromatic heterocycles. The van der Waals surface area contributed by atoms with Gasteiger partial charge in [-0.1, -0.05) is 23.3 Å². The van der Waals surface area contributed by atoms with Crippen LogP contribution in [0.25, 0.3) is 6.08 Å². The van der Waals surface area contributed by atoms with Gasteiger partial charge < -0.3 is 5.11 Å². The molecular weight excluding hydrogens is 200 g/mol. The van der Waals surface area contributed by atoms with Crippen molar-refractivity contribution < 1.29 is 9.90 Å². The Balaban J connectivity index is 2.40. The largest absolute Gasteiger partial charge is 0.478 e. The van der Waals surface area contributed by atoms with Gasteiger partial charge in [0.1, 0.15) is 0 Å². The monoisotopic (exact) mass is 208 g/mol. The maximum Gasteiger partial charge on any atom is 0.335 e. The Bertz CT molecular complexity index is 415. The maximum atomic E-state index is 10.7. The molecule has 1 aromatic carbocycles. The van der Waals surface area contributed by atoms with Gasteiger partial charge in [0.15, 0.2) is 0 Å². The number of allylic oxidation sites excluding steroid dienone is 1. The van der Waals surface area contributed by atoms with Gasteiger partial charge in [0.2, 0.25) is 0 Å². The molecule has 0 heterocycles. The highest BCUT2D eigenvalue weighted by Gasteiger charge is 2.11. The first-order chi connectivity index (χ1) is 6.65. The number of hydrogen-bond donors (Lipinski definition) is 1. The fourth-order valence-electron chi connectivity index (χ4n) is 1.27. The molecule has 0 spiro atoms. The number of hydrogen-bond acceptors (Lipinski definition) is 1. The number of rotatable bonds is 2. The Labute approximate surface area is 86.8 Å². The van der Waals surface area contributed by atoms with E-state index in [0.717, 1.165) is 18.4 Å². The predicted octanol–water partition coefficient (Wildman–Crippen LogP) is 3.22. The molecular formula is C11H9ClO2. The molecule has 14 heavy (non-hydrogen) atoms. The molecule has 0 bridgehead atoms. The Kier molecular flexibility index (Phi) is 2.30. The lowest BCUT2D eigenvalue weighted by Crippen LogP contribution is -1.96. The van der Waals surface area contributed by atoms with Crippen molar-refractivity contribution in [2.45, 2.75) is 12.8 Å². The van der Waals surface area contributed by atoms with Crippen LogP contribution < -0.4 is 0 Å². The zero-order valence-electron chi connectivity index (χ0n) is 7.46. The van der Waals surface area contributed by atoms with Crippen molar-refractivity contribution in [1.29, 1.82) is 0 Å².